The fourth-order valence-electron chi connectivity index (χ4n) is 2.98. The molecule has 29 heavy (non-hydrogen) atoms. The summed E-state index contributed by atoms with van der Waals surface area (Å²) >= 11 is 1.32. The molecule has 2 aromatic carbocycles. The number of anilines is 1. The molecule has 0 spiro atoms. The number of amides is 1. The molecule has 150 valence electrons. The third kappa shape index (κ3) is 5.33. The maximum atomic E-state index is 12.6. The van der Waals surface area contributed by atoms with E-state index < -0.39 is 5.97 Å². The van der Waals surface area contributed by atoms with Crippen molar-refractivity contribution < 1.29 is 14.3 Å². The predicted octanol–water partition coefficient (Wildman–Crippen LogP) is 5.90. The van der Waals surface area contributed by atoms with Crippen LogP contribution < -0.4 is 5.32 Å². The minimum atomic E-state index is -0.420. The smallest absolute Gasteiger partial charge is 0.350 e. The molecule has 1 N–H and O–H groups in total. The number of hydrogen-bond acceptors (Lipinski definition) is 4. The molecule has 0 bridgehead atoms. The van der Waals surface area contributed by atoms with E-state index in [4.69, 9.17) is 4.74 Å². The number of carbonyl (C=O) groups excluding carboxylic acids is 2. The summed E-state index contributed by atoms with van der Waals surface area (Å²) in [6, 6.07) is 19.7. The summed E-state index contributed by atoms with van der Waals surface area (Å²) in [5.41, 5.74) is 3.66. The summed E-state index contributed by atoms with van der Waals surface area (Å²) in [6.07, 6.45) is 0.247. The fourth-order valence-corrected chi connectivity index (χ4v) is 3.99. The highest BCUT2D eigenvalue weighted by molar-refractivity contribution is 7.18. The number of thiophene rings is 1. The topological polar surface area (TPSA) is 55.4 Å². The highest BCUT2D eigenvalue weighted by Gasteiger charge is 2.20. The Labute approximate surface area is 175 Å². The third-order valence-corrected chi connectivity index (χ3v) is 5.70. The summed E-state index contributed by atoms with van der Waals surface area (Å²) in [7, 11) is 0. The van der Waals surface area contributed by atoms with Crippen molar-refractivity contribution in [3.63, 3.8) is 0 Å². The predicted molar refractivity (Wildman–Crippen MR) is 119 cm³/mol. The molecule has 1 aromatic heterocycles. The maximum Gasteiger partial charge on any atom is 0.350 e. The van der Waals surface area contributed by atoms with Crippen LogP contribution in [0.15, 0.2) is 60.7 Å². The largest absolute Gasteiger partial charge is 0.462 e. The van der Waals surface area contributed by atoms with Crippen LogP contribution in [-0.2, 0) is 16.0 Å². The van der Waals surface area contributed by atoms with Crippen LogP contribution in [0.25, 0.3) is 10.4 Å². The highest BCUT2D eigenvalue weighted by Crippen LogP contribution is 2.35. The Bertz CT molecular complexity index is 975. The van der Waals surface area contributed by atoms with Crippen molar-refractivity contribution in [1.82, 2.24) is 0 Å². The van der Waals surface area contributed by atoms with Crippen LogP contribution >= 0.6 is 11.3 Å². The normalized spacial score (nSPS) is 10.8. The zero-order chi connectivity index (χ0) is 20.8. The second-order valence-corrected chi connectivity index (χ2v) is 8.11. The molecule has 0 saturated carbocycles. The Morgan fingerprint density at radius 1 is 1.03 bits per heavy atom. The van der Waals surface area contributed by atoms with Crippen molar-refractivity contribution in [3.05, 3.63) is 76.7 Å². The van der Waals surface area contributed by atoms with Crippen LogP contribution in [0.3, 0.4) is 0 Å². The molecule has 3 aromatic rings. The summed E-state index contributed by atoms with van der Waals surface area (Å²) in [6.45, 7) is 6.33. The van der Waals surface area contributed by atoms with E-state index in [1.54, 1.807) is 6.92 Å². The molecule has 0 aliphatic carbocycles. The molecule has 0 unspecified atom stereocenters. The van der Waals surface area contributed by atoms with Crippen molar-refractivity contribution >= 4 is 28.9 Å². The average molecular weight is 408 g/mol. The van der Waals surface area contributed by atoms with Crippen LogP contribution in [0.5, 0.6) is 0 Å². The summed E-state index contributed by atoms with van der Waals surface area (Å²) in [4.78, 5) is 26.3. The fraction of sp³-hybridized carbons (Fsp3) is 0.250. The van der Waals surface area contributed by atoms with Crippen LogP contribution in [0.2, 0.25) is 0 Å². The number of hydrogen-bond donors (Lipinski definition) is 1. The van der Waals surface area contributed by atoms with Gasteiger partial charge in [0.2, 0.25) is 5.91 Å². The second-order valence-electron chi connectivity index (χ2n) is 7.06. The molecule has 1 amide bonds. The second kappa shape index (κ2) is 9.52. The van der Waals surface area contributed by atoms with E-state index in [2.05, 4.69) is 31.3 Å². The molecule has 0 atom stereocenters. The van der Waals surface area contributed by atoms with Crippen molar-refractivity contribution in [2.75, 3.05) is 11.9 Å². The van der Waals surface area contributed by atoms with Gasteiger partial charge in [0.15, 0.2) is 0 Å². The van der Waals surface area contributed by atoms with E-state index in [9.17, 15) is 9.59 Å². The van der Waals surface area contributed by atoms with Gasteiger partial charge in [0.1, 0.15) is 4.88 Å². The number of esters is 1. The lowest BCUT2D eigenvalue weighted by molar-refractivity contribution is -0.115. The average Bonchev–Trinajstić information content (AvgIpc) is 3.13. The van der Waals surface area contributed by atoms with Gasteiger partial charge in [-0.15, -0.1) is 11.3 Å². The van der Waals surface area contributed by atoms with Gasteiger partial charge in [0, 0.05) is 4.88 Å². The van der Waals surface area contributed by atoms with E-state index in [-0.39, 0.29) is 18.9 Å². The summed E-state index contributed by atoms with van der Waals surface area (Å²) < 4.78 is 5.17. The molecule has 0 saturated heterocycles. The molecule has 0 aliphatic heterocycles. The molecule has 3 rings (SSSR count). The van der Waals surface area contributed by atoms with Crippen LogP contribution in [-0.4, -0.2) is 18.5 Å². The molecule has 0 radical (unpaired) electrons. The van der Waals surface area contributed by atoms with Gasteiger partial charge in [-0.25, -0.2) is 4.79 Å². The standard InChI is InChI=1S/C24H25NO3S/c1-4-28-24(27)23-20(15-21(29-23)19-8-6-5-7-9-19)25-22(26)14-17-10-12-18(13-11-17)16(2)3/h5-13,15-16H,4,14H2,1-3H3,(H,25,26). The molecule has 5 heteroatoms. The van der Waals surface area contributed by atoms with E-state index in [1.165, 1.54) is 16.9 Å². The number of rotatable bonds is 7. The van der Waals surface area contributed by atoms with Gasteiger partial charge in [-0.3, -0.25) is 4.79 Å². The van der Waals surface area contributed by atoms with E-state index in [0.717, 1.165) is 16.0 Å². The summed E-state index contributed by atoms with van der Waals surface area (Å²) in [5.74, 6) is -0.131. The Balaban J connectivity index is 1.80. The Kier molecular flexibility index (Phi) is 6.83. The van der Waals surface area contributed by atoms with Crippen molar-refractivity contribution in [3.8, 4) is 10.4 Å². The van der Waals surface area contributed by atoms with E-state index in [1.807, 2.05) is 48.5 Å². The third-order valence-electron chi connectivity index (χ3n) is 4.54. The molecule has 0 fully saturated rings. The molecular weight excluding hydrogens is 382 g/mol. The Hall–Kier alpha value is -2.92. The molecular formula is C24H25NO3S. The number of carbonyl (C=O) groups is 2. The molecule has 1 heterocycles. The Morgan fingerprint density at radius 2 is 1.72 bits per heavy atom. The van der Waals surface area contributed by atoms with Crippen molar-refractivity contribution in [2.24, 2.45) is 0 Å². The first-order valence-corrected chi connectivity index (χ1v) is 10.5. The van der Waals surface area contributed by atoms with Gasteiger partial charge in [0.25, 0.3) is 0 Å². The van der Waals surface area contributed by atoms with Gasteiger partial charge in [-0.1, -0.05) is 68.4 Å². The van der Waals surface area contributed by atoms with Gasteiger partial charge >= 0.3 is 5.97 Å². The zero-order valence-electron chi connectivity index (χ0n) is 16.9. The SMILES string of the molecule is CCOC(=O)c1sc(-c2ccccc2)cc1NC(=O)Cc1ccc(C(C)C)cc1. The lowest BCUT2D eigenvalue weighted by Gasteiger charge is -2.08. The van der Waals surface area contributed by atoms with Gasteiger partial charge in [-0.05, 0) is 35.6 Å². The first kappa shape index (κ1) is 20.8. The minimum absolute atomic E-state index is 0.162. The first-order valence-electron chi connectivity index (χ1n) is 9.73. The van der Waals surface area contributed by atoms with Gasteiger partial charge < -0.3 is 10.1 Å². The van der Waals surface area contributed by atoms with Gasteiger partial charge in [0.05, 0.1) is 18.7 Å². The quantitative estimate of drug-likeness (QED) is 0.496. The number of nitrogens with one attached hydrogen (secondary N) is 1. The number of benzene rings is 2. The van der Waals surface area contributed by atoms with Gasteiger partial charge in [-0.2, -0.15) is 0 Å². The van der Waals surface area contributed by atoms with Crippen molar-refractivity contribution in [2.45, 2.75) is 33.1 Å². The maximum absolute atomic E-state index is 12.6. The molecule has 0 aliphatic rings. The minimum Gasteiger partial charge on any atom is -0.462 e. The lowest BCUT2D eigenvalue weighted by atomic mass is 10.0. The zero-order valence-corrected chi connectivity index (χ0v) is 17.7. The molecule has 4 nitrogen and oxygen atoms in total. The monoisotopic (exact) mass is 407 g/mol. The van der Waals surface area contributed by atoms with E-state index >= 15 is 0 Å². The van der Waals surface area contributed by atoms with Crippen LogP contribution in [0.1, 0.15) is 47.5 Å². The number of ether oxygens (including phenoxy) is 1. The lowest BCUT2D eigenvalue weighted by Crippen LogP contribution is -2.16. The highest BCUT2D eigenvalue weighted by atomic mass is 32.1. The van der Waals surface area contributed by atoms with Crippen LogP contribution in [0, 0.1) is 0 Å². The van der Waals surface area contributed by atoms with Crippen molar-refractivity contribution in [1.29, 1.82) is 0 Å². The van der Waals surface area contributed by atoms with Crippen LogP contribution in [0.4, 0.5) is 5.69 Å². The summed E-state index contributed by atoms with van der Waals surface area (Å²) in [5, 5.41) is 2.90. The first-order chi connectivity index (χ1) is 14.0. The Morgan fingerprint density at radius 3 is 2.34 bits per heavy atom. The van der Waals surface area contributed by atoms with E-state index in [0.29, 0.717) is 16.5 Å².